The Kier molecular flexibility index (Phi) is 3.62. The topological polar surface area (TPSA) is 83.4 Å². The molecule has 0 spiro atoms. The van der Waals surface area contributed by atoms with Crippen molar-refractivity contribution < 1.29 is 14.3 Å². The Morgan fingerprint density at radius 1 is 1.36 bits per heavy atom. The molecule has 2 aliphatic rings. The summed E-state index contributed by atoms with van der Waals surface area (Å²) in [7, 11) is 1.28. The van der Waals surface area contributed by atoms with Crippen LogP contribution in [0.15, 0.2) is 40.4 Å². The molecule has 2 atom stereocenters. The van der Waals surface area contributed by atoms with Crippen LogP contribution in [0.3, 0.4) is 0 Å². The van der Waals surface area contributed by atoms with E-state index in [-0.39, 0.29) is 30.2 Å². The van der Waals surface area contributed by atoms with Crippen molar-refractivity contribution in [2.24, 2.45) is 10.1 Å². The minimum Gasteiger partial charge on any atom is -0.469 e. The molecular weight excluding hydrogens is 284 g/mol. The minimum absolute atomic E-state index is 0.135. The number of hydrazone groups is 1. The molecular formula is C15H16N4O3. The first-order chi connectivity index (χ1) is 10.6. The lowest BCUT2D eigenvalue weighted by atomic mass is 10.1. The quantitative estimate of drug-likeness (QED) is 0.833. The summed E-state index contributed by atoms with van der Waals surface area (Å²) in [6, 6.07) is 9.27. The normalized spacial score (nSPS) is 23.4. The van der Waals surface area contributed by atoms with Gasteiger partial charge in [0.15, 0.2) is 6.17 Å². The third-order valence-electron chi connectivity index (χ3n) is 3.65. The van der Waals surface area contributed by atoms with Crippen LogP contribution in [0, 0.1) is 0 Å². The van der Waals surface area contributed by atoms with Gasteiger partial charge in [0.05, 0.1) is 24.9 Å². The fraction of sp³-hybridized carbons (Fsp3) is 0.333. The predicted octanol–water partition coefficient (Wildman–Crippen LogP) is 0.711. The van der Waals surface area contributed by atoms with E-state index >= 15 is 0 Å². The molecule has 1 N–H and O–H groups in total. The second-order valence-corrected chi connectivity index (χ2v) is 5.11. The Morgan fingerprint density at radius 3 is 2.77 bits per heavy atom. The number of aliphatic imine (C=N–C) groups is 1. The van der Waals surface area contributed by atoms with Gasteiger partial charge in [-0.3, -0.25) is 14.6 Å². The third-order valence-corrected chi connectivity index (χ3v) is 3.65. The standard InChI is InChI=1S/C15H16N4O3/c1-9-13-14(19(18-9)10-6-4-3-5-7-10)17-15(21)11(16-13)8-12(20)22-2/h3-7,13-14H,8H2,1-2H3,(H,17,21)/t13-,14+/m1/s1. The second-order valence-electron chi connectivity index (χ2n) is 5.11. The number of carbonyl (C=O) groups excluding carboxylic acids is 2. The zero-order valence-corrected chi connectivity index (χ0v) is 12.3. The molecule has 0 radical (unpaired) electrons. The highest BCUT2D eigenvalue weighted by atomic mass is 16.5. The van der Waals surface area contributed by atoms with E-state index in [1.165, 1.54) is 7.11 Å². The van der Waals surface area contributed by atoms with Gasteiger partial charge >= 0.3 is 5.97 Å². The van der Waals surface area contributed by atoms with Crippen LogP contribution in [0.4, 0.5) is 5.69 Å². The van der Waals surface area contributed by atoms with Gasteiger partial charge in [0.25, 0.3) is 5.91 Å². The maximum atomic E-state index is 12.1. The van der Waals surface area contributed by atoms with Gasteiger partial charge in [0.1, 0.15) is 11.8 Å². The van der Waals surface area contributed by atoms with Crippen LogP contribution in [0.2, 0.25) is 0 Å². The molecule has 114 valence electrons. The summed E-state index contributed by atoms with van der Waals surface area (Å²) in [5.74, 6) is -0.850. The van der Waals surface area contributed by atoms with Crippen LogP contribution >= 0.6 is 0 Å². The molecule has 0 aromatic heterocycles. The second kappa shape index (κ2) is 5.59. The van der Waals surface area contributed by atoms with Gasteiger partial charge in [-0.15, -0.1) is 0 Å². The summed E-state index contributed by atoms with van der Waals surface area (Å²) in [5, 5.41) is 9.10. The van der Waals surface area contributed by atoms with E-state index in [0.29, 0.717) is 0 Å². The smallest absolute Gasteiger partial charge is 0.311 e. The summed E-state index contributed by atoms with van der Waals surface area (Å²) in [6.07, 6.45) is -0.499. The van der Waals surface area contributed by atoms with Crippen LogP contribution < -0.4 is 10.3 Å². The summed E-state index contributed by atoms with van der Waals surface area (Å²) in [6.45, 7) is 1.86. The minimum atomic E-state index is -0.486. The number of methoxy groups -OCH3 is 1. The number of esters is 1. The van der Waals surface area contributed by atoms with Crippen molar-refractivity contribution in [1.82, 2.24) is 5.32 Å². The first-order valence-corrected chi connectivity index (χ1v) is 6.94. The molecule has 2 heterocycles. The molecule has 0 unspecified atom stereocenters. The Balaban J connectivity index is 1.88. The number of hydrogen-bond donors (Lipinski definition) is 1. The Hall–Kier alpha value is -2.70. The molecule has 2 aliphatic heterocycles. The molecule has 0 aliphatic carbocycles. The summed E-state index contributed by atoms with van der Waals surface area (Å²) >= 11 is 0. The van der Waals surface area contributed by atoms with Crippen LogP contribution in [0.1, 0.15) is 13.3 Å². The maximum Gasteiger partial charge on any atom is 0.311 e. The first kappa shape index (κ1) is 14.2. The maximum absolute atomic E-state index is 12.1. The number of amides is 1. The number of rotatable bonds is 3. The van der Waals surface area contributed by atoms with Crippen molar-refractivity contribution in [2.75, 3.05) is 12.1 Å². The number of fused-ring (bicyclic) bond motifs is 1. The van der Waals surface area contributed by atoms with E-state index in [2.05, 4.69) is 20.1 Å². The van der Waals surface area contributed by atoms with Gasteiger partial charge in [-0.1, -0.05) is 18.2 Å². The van der Waals surface area contributed by atoms with Crippen molar-refractivity contribution in [1.29, 1.82) is 0 Å². The highest BCUT2D eigenvalue weighted by molar-refractivity contribution is 6.42. The first-order valence-electron chi connectivity index (χ1n) is 6.94. The van der Waals surface area contributed by atoms with E-state index in [1.807, 2.05) is 37.3 Å². The monoisotopic (exact) mass is 300 g/mol. The molecule has 1 aromatic carbocycles. The SMILES string of the molecule is COC(=O)CC1=N[C@@H]2C(C)=NN(c3ccccc3)[C@@H]2NC1=O. The number of nitrogens with zero attached hydrogens (tertiary/aromatic N) is 3. The number of carbonyl (C=O) groups is 2. The van der Waals surface area contributed by atoms with Crippen molar-refractivity contribution in [3.05, 3.63) is 30.3 Å². The van der Waals surface area contributed by atoms with E-state index < -0.39 is 5.97 Å². The predicted molar refractivity (Wildman–Crippen MR) is 81.8 cm³/mol. The molecule has 7 heteroatoms. The summed E-state index contributed by atoms with van der Waals surface area (Å²) in [4.78, 5) is 27.9. The molecule has 3 rings (SSSR count). The van der Waals surface area contributed by atoms with Crippen molar-refractivity contribution >= 4 is 29.0 Å². The van der Waals surface area contributed by atoms with Crippen molar-refractivity contribution in [3.8, 4) is 0 Å². The molecule has 22 heavy (non-hydrogen) atoms. The number of benzene rings is 1. The summed E-state index contributed by atoms with van der Waals surface area (Å²) in [5.41, 5.74) is 1.84. The zero-order chi connectivity index (χ0) is 15.7. The Labute approximate surface area is 127 Å². The third kappa shape index (κ3) is 2.45. The van der Waals surface area contributed by atoms with E-state index in [0.717, 1.165) is 11.4 Å². The van der Waals surface area contributed by atoms with Crippen molar-refractivity contribution in [3.63, 3.8) is 0 Å². The Morgan fingerprint density at radius 2 is 2.09 bits per heavy atom. The Bertz CT molecular complexity index is 669. The molecule has 7 nitrogen and oxygen atoms in total. The van der Waals surface area contributed by atoms with Gasteiger partial charge in [-0.25, -0.2) is 5.01 Å². The average molecular weight is 300 g/mol. The molecule has 0 fully saturated rings. The lowest BCUT2D eigenvalue weighted by Gasteiger charge is -2.30. The fourth-order valence-corrected chi connectivity index (χ4v) is 2.54. The van der Waals surface area contributed by atoms with E-state index in [9.17, 15) is 9.59 Å². The number of anilines is 1. The van der Waals surface area contributed by atoms with Crippen LogP contribution in [-0.2, 0) is 14.3 Å². The highest BCUT2D eigenvalue weighted by Crippen LogP contribution is 2.26. The van der Waals surface area contributed by atoms with Crippen LogP contribution in [0.5, 0.6) is 0 Å². The molecule has 0 saturated heterocycles. The van der Waals surface area contributed by atoms with Gasteiger partial charge in [0.2, 0.25) is 0 Å². The number of hydrogen-bond acceptors (Lipinski definition) is 6. The lowest BCUT2D eigenvalue weighted by molar-refractivity contribution is -0.139. The molecule has 0 saturated carbocycles. The van der Waals surface area contributed by atoms with Gasteiger partial charge in [0, 0.05) is 0 Å². The zero-order valence-electron chi connectivity index (χ0n) is 12.3. The number of nitrogens with one attached hydrogen (secondary N) is 1. The lowest BCUT2D eigenvalue weighted by Crippen LogP contribution is -2.56. The van der Waals surface area contributed by atoms with Crippen LogP contribution in [-0.4, -0.2) is 42.6 Å². The van der Waals surface area contributed by atoms with E-state index in [4.69, 9.17) is 0 Å². The largest absolute Gasteiger partial charge is 0.469 e. The van der Waals surface area contributed by atoms with Crippen molar-refractivity contribution in [2.45, 2.75) is 25.6 Å². The average Bonchev–Trinajstić information content (AvgIpc) is 2.85. The molecule has 1 amide bonds. The molecule has 0 bridgehead atoms. The van der Waals surface area contributed by atoms with Crippen LogP contribution in [0.25, 0.3) is 0 Å². The van der Waals surface area contributed by atoms with Gasteiger partial charge in [-0.05, 0) is 19.1 Å². The highest BCUT2D eigenvalue weighted by Gasteiger charge is 2.41. The number of para-hydroxylation sites is 1. The number of ether oxygens (including phenoxy) is 1. The summed E-state index contributed by atoms with van der Waals surface area (Å²) < 4.78 is 4.59. The van der Waals surface area contributed by atoms with Gasteiger partial charge < -0.3 is 10.1 Å². The fourth-order valence-electron chi connectivity index (χ4n) is 2.54. The van der Waals surface area contributed by atoms with Gasteiger partial charge in [-0.2, -0.15) is 5.10 Å². The molecule has 1 aromatic rings. The van der Waals surface area contributed by atoms with E-state index in [1.54, 1.807) is 5.01 Å².